The fourth-order valence-corrected chi connectivity index (χ4v) is 4.80. The lowest BCUT2D eigenvalue weighted by Gasteiger charge is -2.34. The maximum Gasteiger partial charge on any atom is 0.323 e. The van der Waals surface area contributed by atoms with Crippen molar-refractivity contribution < 1.29 is 23.8 Å². The van der Waals surface area contributed by atoms with Crippen LogP contribution in [-0.2, 0) is 14.3 Å². The van der Waals surface area contributed by atoms with Gasteiger partial charge in [0, 0.05) is 12.0 Å². The van der Waals surface area contributed by atoms with Crippen LogP contribution < -0.4 is 9.47 Å². The molecule has 8 nitrogen and oxygen atoms in total. The van der Waals surface area contributed by atoms with Gasteiger partial charge < -0.3 is 14.2 Å². The highest BCUT2D eigenvalue weighted by atomic mass is 16.5. The lowest BCUT2D eigenvalue weighted by atomic mass is 9.97. The Kier molecular flexibility index (Phi) is 8.02. The van der Waals surface area contributed by atoms with Crippen LogP contribution in [0.4, 0.5) is 0 Å². The number of hydrazone groups is 1. The van der Waals surface area contributed by atoms with Gasteiger partial charge in [0.1, 0.15) is 17.5 Å². The first kappa shape index (κ1) is 24.7. The monoisotopic (exact) mass is 479 g/mol. The summed E-state index contributed by atoms with van der Waals surface area (Å²) >= 11 is 0. The number of hydrogen-bond donors (Lipinski definition) is 0. The maximum absolute atomic E-state index is 13.6. The van der Waals surface area contributed by atoms with Crippen LogP contribution in [0.5, 0.6) is 11.5 Å². The molecule has 2 atom stereocenters. The zero-order valence-corrected chi connectivity index (χ0v) is 20.6. The first-order valence-corrected chi connectivity index (χ1v) is 12.1. The van der Waals surface area contributed by atoms with Gasteiger partial charge in [0.2, 0.25) is 0 Å². The number of piperidine rings is 1. The molecule has 1 fully saturated rings. The Balaban J connectivity index is 1.62. The van der Waals surface area contributed by atoms with E-state index in [9.17, 15) is 9.59 Å². The third-order valence-electron chi connectivity index (χ3n) is 6.60. The molecule has 0 aromatic heterocycles. The van der Waals surface area contributed by atoms with Crippen molar-refractivity contribution in [2.75, 3.05) is 33.9 Å². The molecule has 0 saturated carbocycles. The number of nitrogens with zero attached hydrogens (tertiary/aromatic N) is 3. The number of hydrogen-bond acceptors (Lipinski definition) is 7. The van der Waals surface area contributed by atoms with Crippen molar-refractivity contribution in [1.82, 2.24) is 9.91 Å². The molecule has 8 heteroatoms. The van der Waals surface area contributed by atoms with E-state index in [2.05, 4.69) is 0 Å². The maximum atomic E-state index is 13.6. The molecule has 35 heavy (non-hydrogen) atoms. The number of rotatable bonds is 8. The van der Waals surface area contributed by atoms with Crippen LogP contribution in [0.1, 0.15) is 49.8 Å². The fourth-order valence-electron chi connectivity index (χ4n) is 4.80. The number of benzene rings is 2. The Hall–Kier alpha value is -3.39. The minimum atomic E-state index is -0.396. The summed E-state index contributed by atoms with van der Waals surface area (Å²) in [5, 5.41) is 6.36. The summed E-state index contributed by atoms with van der Waals surface area (Å²) in [7, 11) is 3.26. The van der Waals surface area contributed by atoms with E-state index in [1.54, 1.807) is 26.2 Å². The zero-order chi connectivity index (χ0) is 24.8. The Morgan fingerprint density at radius 1 is 1.03 bits per heavy atom. The number of likely N-dealkylation sites (tertiary alicyclic amines) is 1. The summed E-state index contributed by atoms with van der Waals surface area (Å²) in [6, 6.07) is 14.7. The highest BCUT2D eigenvalue weighted by molar-refractivity contribution is 6.05. The van der Waals surface area contributed by atoms with Crippen LogP contribution in [0.2, 0.25) is 0 Å². The Labute approximate surface area is 206 Å². The lowest BCUT2D eigenvalue weighted by molar-refractivity contribution is -0.152. The Morgan fingerprint density at radius 3 is 2.51 bits per heavy atom. The van der Waals surface area contributed by atoms with Gasteiger partial charge >= 0.3 is 5.97 Å². The molecule has 0 spiro atoms. The largest absolute Gasteiger partial charge is 0.497 e. The molecule has 4 rings (SSSR count). The molecular weight excluding hydrogens is 446 g/mol. The second kappa shape index (κ2) is 11.4. The molecule has 2 aliphatic rings. The molecule has 2 aromatic rings. The summed E-state index contributed by atoms with van der Waals surface area (Å²) in [6.07, 6.45) is 3.15. The molecule has 1 saturated heterocycles. The van der Waals surface area contributed by atoms with Gasteiger partial charge in [-0.25, -0.2) is 5.01 Å². The molecule has 1 amide bonds. The van der Waals surface area contributed by atoms with Crippen molar-refractivity contribution in [3.8, 4) is 11.5 Å². The molecule has 186 valence electrons. The number of para-hydroxylation sites is 1. The predicted molar refractivity (Wildman–Crippen MR) is 133 cm³/mol. The fraction of sp³-hybridized carbons (Fsp3) is 0.444. The van der Waals surface area contributed by atoms with E-state index in [1.807, 2.05) is 53.4 Å². The molecule has 2 aliphatic heterocycles. The number of carbonyl (C=O) groups is 2. The van der Waals surface area contributed by atoms with Gasteiger partial charge in [0.25, 0.3) is 5.91 Å². The average molecular weight is 480 g/mol. The minimum Gasteiger partial charge on any atom is -0.497 e. The third kappa shape index (κ3) is 5.48. The molecule has 0 unspecified atom stereocenters. The van der Waals surface area contributed by atoms with Crippen LogP contribution in [-0.4, -0.2) is 67.5 Å². The van der Waals surface area contributed by atoms with Crippen molar-refractivity contribution in [3.05, 3.63) is 59.7 Å². The Bertz CT molecular complexity index is 1070. The van der Waals surface area contributed by atoms with E-state index in [0.717, 1.165) is 35.4 Å². The highest BCUT2D eigenvalue weighted by Gasteiger charge is 2.37. The molecular formula is C27H33N3O5. The van der Waals surface area contributed by atoms with Gasteiger partial charge in [-0.2, -0.15) is 5.10 Å². The van der Waals surface area contributed by atoms with Crippen LogP contribution in [0.15, 0.2) is 53.6 Å². The topological polar surface area (TPSA) is 80.7 Å². The second-order valence-electron chi connectivity index (χ2n) is 8.71. The van der Waals surface area contributed by atoms with Crippen molar-refractivity contribution >= 4 is 17.6 Å². The first-order valence-electron chi connectivity index (χ1n) is 12.1. The van der Waals surface area contributed by atoms with E-state index in [-0.39, 0.29) is 24.5 Å². The molecule has 0 N–H and O–H groups in total. The Morgan fingerprint density at radius 2 is 1.80 bits per heavy atom. The zero-order valence-electron chi connectivity index (χ0n) is 20.6. The van der Waals surface area contributed by atoms with Crippen molar-refractivity contribution in [3.63, 3.8) is 0 Å². The van der Waals surface area contributed by atoms with Crippen molar-refractivity contribution in [2.24, 2.45) is 5.10 Å². The summed E-state index contributed by atoms with van der Waals surface area (Å²) in [5.41, 5.74) is 2.62. The van der Waals surface area contributed by atoms with Crippen LogP contribution in [0.25, 0.3) is 0 Å². The van der Waals surface area contributed by atoms with E-state index >= 15 is 0 Å². The highest BCUT2D eigenvalue weighted by Crippen LogP contribution is 2.36. The molecule has 0 bridgehead atoms. The van der Waals surface area contributed by atoms with Gasteiger partial charge in [-0.15, -0.1) is 0 Å². The minimum absolute atomic E-state index is 0.110. The number of carbonyl (C=O) groups excluding carboxylic acids is 2. The quantitative estimate of drug-likeness (QED) is 0.536. The molecule has 0 aliphatic carbocycles. The summed E-state index contributed by atoms with van der Waals surface area (Å²) in [6.45, 7) is 2.92. The van der Waals surface area contributed by atoms with Gasteiger partial charge in [-0.1, -0.05) is 30.7 Å². The van der Waals surface area contributed by atoms with Crippen molar-refractivity contribution in [1.29, 1.82) is 0 Å². The van der Waals surface area contributed by atoms with Gasteiger partial charge in [-0.3, -0.25) is 14.5 Å². The summed E-state index contributed by atoms with van der Waals surface area (Å²) in [5.74, 6) is 1.06. The van der Waals surface area contributed by atoms with E-state index in [0.29, 0.717) is 31.7 Å². The van der Waals surface area contributed by atoms with Gasteiger partial charge in [0.05, 0.1) is 39.1 Å². The molecule has 2 heterocycles. The SMILES string of the molecule is CCOC(=O)[C@H]1CCCCN1CC(=O)N1N=C(c2ccccc2OC)C[C@@H]1c1ccc(OC)cc1. The van der Waals surface area contributed by atoms with Gasteiger partial charge in [-0.05, 0) is 56.1 Å². The molecule has 0 radical (unpaired) electrons. The third-order valence-corrected chi connectivity index (χ3v) is 6.60. The first-order chi connectivity index (χ1) is 17.0. The standard InChI is InChI=1S/C27H33N3O5/c1-4-35-27(32)23-10-7-8-16-29(23)18-26(31)30-24(19-12-14-20(33-2)15-13-19)17-22(28-30)21-9-5-6-11-25(21)34-3/h5-6,9,11-15,23-24H,4,7-8,10,16-18H2,1-3H3/t23-,24-/m1/s1. The van der Waals surface area contributed by atoms with Crippen LogP contribution in [0.3, 0.4) is 0 Å². The summed E-state index contributed by atoms with van der Waals surface area (Å²) < 4.78 is 16.1. The van der Waals surface area contributed by atoms with Crippen molar-refractivity contribution in [2.45, 2.75) is 44.7 Å². The molecule has 2 aromatic carbocycles. The van der Waals surface area contributed by atoms with Gasteiger partial charge in [0.15, 0.2) is 0 Å². The van der Waals surface area contributed by atoms with E-state index in [4.69, 9.17) is 19.3 Å². The number of methoxy groups -OCH3 is 2. The summed E-state index contributed by atoms with van der Waals surface area (Å²) in [4.78, 5) is 28.1. The van der Waals surface area contributed by atoms with Crippen LogP contribution >= 0.6 is 0 Å². The number of ether oxygens (including phenoxy) is 3. The van der Waals surface area contributed by atoms with Crippen LogP contribution in [0, 0.1) is 0 Å². The predicted octanol–water partition coefficient (Wildman–Crippen LogP) is 3.80. The normalized spacial score (nSPS) is 20.3. The number of esters is 1. The van der Waals surface area contributed by atoms with E-state index in [1.165, 1.54) is 0 Å². The van der Waals surface area contributed by atoms with E-state index < -0.39 is 6.04 Å². The second-order valence-corrected chi connectivity index (χ2v) is 8.71. The average Bonchev–Trinajstić information content (AvgIpc) is 3.34. The lowest BCUT2D eigenvalue weighted by Crippen LogP contribution is -2.49. The smallest absolute Gasteiger partial charge is 0.323 e. The number of amides is 1.